The number of hydrogen-bond donors (Lipinski definition) is 1. The summed E-state index contributed by atoms with van der Waals surface area (Å²) in [5.41, 5.74) is 1.77. The molecule has 0 radical (unpaired) electrons. The Balaban J connectivity index is 1.78. The van der Waals surface area contributed by atoms with Gasteiger partial charge in [0, 0.05) is 30.2 Å². The zero-order chi connectivity index (χ0) is 23.4. The van der Waals surface area contributed by atoms with E-state index >= 15 is 0 Å². The molecule has 4 rings (SSSR count). The lowest BCUT2D eigenvalue weighted by Gasteiger charge is -2.41. The molecule has 172 valence electrons. The van der Waals surface area contributed by atoms with Crippen LogP contribution in [0.1, 0.15) is 32.8 Å². The Morgan fingerprint density at radius 3 is 2.58 bits per heavy atom. The van der Waals surface area contributed by atoms with E-state index in [9.17, 15) is 9.59 Å². The van der Waals surface area contributed by atoms with Crippen LogP contribution < -0.4 is 14.8 Å². The fourth-order valence-electron chi connectivity index (χ4n) is 4.20. The summed E-state index contributed by atoms with van der Waals surface area (Å²) in [5.74, 6) is 0.181. The molecular weight excluding hydrogens is 440 g/mol. The lowest BCUT2D eigenvalue weighted by Crippen LogP contribution is -2.47. The molecule has 2 aromatic carbocycles. The molecular formula is C25H26N2O5S. The van der Waals surface area contributed by atoms with Crippen LogP contribution in [0.5, 0.6) is 11.5 Å². The molecule has 1 N–H and O–H groups in total. The van der Waals surface area contributed by atoms with Gasteiger partial charge in [-0.3, -0.25) is 9.59 Å². The van der Waals surface area contributed by atoms with Crippen LogP contribution in [0.15, 0.2) is 60.0 Å². The number of carbonyl (C=O) groups is 2. The maximum absolute atomic E-state index is 13.8. The SMILES string of the molecule is COCCN1C(=O)c2ccccc2[C@@H](C(=O)Nc2ccc(OC)cc2OC)[C@@H]1c1cccs1. The van der Waals surface area contributed by atoms with Gasteiger partial charge in [0.1, 0.15) is 11.5 Å². The Bertz CT molecular complexity index is 1130. The van der Waals surface area contributed by atoms with Crippen LogP contribution >= 0.6 is 11.3 Å². The summed E-state index contributed by atoms with van der Waals surface area (Å²) >= 11 is 1.53. The van der Waals surface area contributed by atoms with E-state index < -0.39 is 12.0 Å². The Hall–Kier alpha value is -3.36. The van der Waals surface area contributed by atoms with Crippen molar-refractivity contribution in [1.29, 1.82) is 0 Å². The van der Waals surface area contributed by atoms with Crippen LogP contribution in [-0.4, -0.2) is 51.2 Å². The zero-order valence-electron chi connectivity index (χ0n) is 18.7. The smallest absolute Gasteiger partial charge is 0.254 e. The number of methoxy groups -OCH3 is 3. The highest BCUT2D eigenvalue weighted by Crippen LogP contribution is 2.45. The molecule has 2 atom stereocenters. The van der Waals surface area contributed by atoms with Crippen LogP contribution in [0, 0.1) is 0 Å². The first-order valence-corrected chi connectivity index (χ1v) is 11.4. The fraction of sp³-hybridized carbons (Fsp3) is 0.280. The number of benzene rings is 2. The van der Waals surface area contributed by atoms with Crippen molar-refractivity contribution in [2.75, 3.05) is 39.8 Å². The molecule has 7 nitrogen and oxygen atoms in total. The molecule has 2 heterocycles. The minimum absolute atomic E-state index is 0.105. The number of hydrogen-bond acceptors (Lipinski definition) is 6. The molecule has 0 aliphatic carbocycles. The van der Waals surface area contributed by atoms with Crippen molar-refractivity contribution in [2.45, 2.75) is 12.0 Å². The van der Waals surface area contributed by atoms with Crippen molar-refractivity contribution in [2.24, 2.45) is 0 Å². The van der Waals surface area contributed by atoms with Crippen molar-refractivity contribution in [3.05, 3.63) is 76.0 Å². The van der Waals surface area contributed by atoms with Gasteiger partial charge in [0.15, 0.2) is 0 Å². The highest BCUT2D eigenvalue weighted by Gasteiger charge is 2.44. The molecule has 3 aromatic rings. The Kier molecular flexibility index (Phi) is 6.96. The third kappa shape index (κ3) is 4.44. The third-order valence-corrected chi connectivity index (χ3v) is 6.70. The van der Waals surface area contributed by atoms with Gasteiger partial charge in [-0.2, -0.15) is 0 Å². The van der Waals surface area contributed by atoms with E-state index in [1.807, 2.05) is 35.7 Å². The van der Waals surface area contributed by atoms with Crippen molar-refractivity contribution < 1.29 is 23.8 Å². The van der Waals surface area contributed by atoms with Gasteiger partial charge >= 0.3 is 0 Å². The molecule has 0 saturated carbocycles. The number of ether oxygens (including phenoxy) is 3. The predicted molar refractivity (Wildman–Crippen MR) is 127 cm³/mol. The summed E-state index contributed by atoms with van der Waals surface area (Å²) in [7, 11) is 4.71. The molecule has 1 aliphatic rings. The maximum atomic E-state index is 13.8. The highest BCUT2D eigenvalue weighted by molar-refractivity contribution is 7.10. The summed E-state index contributed by atoms with van der Waals surface area (Å²) < 4.78 is 16.0. The molecule has 8 heteroatoms. The monoisotopic (exact) mass is 466 g/mol. The molecule has 0 fully saturated rings. The lowest BCUT2D eigenvalue weighted by atomic mass is 9.81. The van der Waals surface area contributed by atoms with Crippen molar-refractivity contribution in [1.82, 2.24) is 4.90 Å². The summed E-state index contributed by atoms with van der Waals surface area (Å²) in [6, 6.07) is 16.0. The molecule has 2 amide bonds. The van der Waals surface area contributed by atoms with Gasteiger partial charge in [-0.25, -0.2) is 0 Å². The van der Waals surface area contributed by atoms with Gasteiger partial charge < -0.3 is 24.4 Å². The van der Waals surface area contributed by atoms with Crippen LogP contribution in [0.3, 0.4) is 0 Å². The van der Waals surface area contributed by atoms with E-state index in [1.54, 1.807) is 50.5 Å². The molecule has 0 unspecified atom stereocenters. The van der Waals surface area contributed by atoms with E-state index in [0.717, 1.165) is 4.88 Å². The highest BCUT2D eigenvalue weighted by atomic mass is 32.1. The number of fused-ring (bicyclic) bond motifs is 1. The summed E-state index contributed by atoms with van der Waals surface area (Å²) in [6.45, 7) is 0.748. The van der Waals surface area contributed by atoms with Gasteiger partial charge in [-0.1, -0.05) is 24.3 Å². The van der Waals surface area contributed by atoms with E-state index in [0.29, 0.717) is 41.5 Å². The molecule has 1 aliphatic heterocycles. The van der Waals surface area contributed by atoms with Gasteiger partial charge in [-0.05, 0) is 35.2 Å². The number of anilines is 1. The van der Waals surface area contributed by atoms with E-state index in [1.165, 1.54) is 11.3 Å². The topological polar surface area (TPSA) is 77.1 Å². The van der Waals surface area contributed by atoms with Gasteiger partial charge in [0.25, 0.3) is 5.91 Å². The predicted octanol–water partition coefficient (Wildman–Crippen LogP) is 4.33. The Morgan fingerprint density at radius 1 is 1.06 bits per heavy atom. The summed E-state index contributed by atoms with van der Waals surface area (Å²) in [6.07, 6.45) is 0. The van der Waals surface area contributed by atoms with Crippen LogP contribution in [-0.2, 0) is 9.53 Å². The zero-order valence-corrected chi connectivity index (χ0v) is 19.6. The minimum Gasteiger partial charge on any atom is -0.497 e. The number of thiophene rings is 1. The molecule has 0 bridgehead atoms. The molecule has 1 aromatic heterocycles. The average Bonchev–Trinajstić information content (AvgIpc) is 3.38. The van der Waals surface area contributed by atoms with Crippen molar-refractivity contribution >= 4 is 28.8 Å². The normalized spacial score (nSPS) is 17.4. The fourth-order valence-corrected chi connectivity index (χ4v) is 5.07. The Labute approximate surface area is 196 Å². The van der Waals surface area contributed by atoms with Gasteiger partial charge in [-0.15, -0.1) is 11.3 Å². The second-order valence-corrected chi connectivity index (χ2v) is 8.55. The first kappa shape index (κ1) is 22.8. The van der Waals surface area contributed by atoms with Crippen LogP contribution in [0.4, 0.5) is 5.69 Å². The van der Waals surface area contributed by atoms with Crippen LogP contribution in [0.2, 0.25) is 0 Å². The standard InChI is InChI=1S/C25H26N2O5S/c1-30-13-12-27-23(21-9-6-14-33-21)22(17-7-4-5-8-18(17)25(27)29)24(28)26-19-11-10-16(31-2)15-20(19)32-3/h4-11,14-15,22-23H,12-13H2,1-3H3,(H,26,28)/t22-,23+/m1/s1. The Morgan fingerprint density at radius 2 is 1.88 bits per heavy atom. The van der Waals surface area contributed by atoms with Gasteiger partial charge in [0.2, 0.25) is 5.91 Å². The summed E-state index contributed by atoms with van der Waals surface area (Å²) in [5, 5.41) is 4.98. The average molecular weight is 467 g/mol. The van der Waals surface area contributed by atoms with Crippen molar-refractivity contribution in [3.8, 4) is 11.5 Å². The third-order valence-electron chi connectivity index (χ3n) is 5.76. The number of nitrogens with zero attached hydrogens (tertiary/aromatic N) is 1. The maximum Gasteiger partial charge on any atom is 0.254 e. The second kappa shape index (κ2) is 10.1. The number of amides is 2. The summed E-state index contributed by atoms with van der Waals surface area (Å²) in [4.78, 5) is 29.9. The van der Waals surface area contributed by atoms with E-state index in [-0.39, 0.29) is 11.8 Å². The quantitative estimate of drug-likeness (QED) is 0.535. The molecule has 33 heavy (non-hydrogen) atoms. The first-order chi connectivity index (χ1) is 16.1. The number of rotatable bonds is 8. The number of carbonyl (C=O) groups excluding carboxylic acids is 2. The van der Waals surface area contributed by atoms with E-state index in [4.69, 9.17) is 14.2 Å². The van der Waals surface area contributed by atoms with Crippen molar-refractivity contribution in [3.63, 3.8) is 0 Å². The first-order valence-electron chi connectivity index (χ1n) is 10.5. The molecule has 0 spiro atoms. The van der Waals surface area contributed by atoms with Crippen LogP contribution in [0.25, 0.3) is 0 Å². The lowest BCUT2D eigenvalue weighted by molar-refractivity contribution is -0.119. The van der Waals surface area contributed by atoms with Gasteiger partial charge in [0.05, 0.1) is 38.5 Å². The van der Waals surface area contributed by atoms with E-state index in [2.05, 4.69) is 5.32 Å². The largest absolute Gasteiger partial charge is 0.497 e. The minimum atomic E-state index is -0.610. The molecule has 0 saturated heterocycles. The number of nitrogens with one attached hydrogen (secondary N) is 1. The second-order valence-electron chi connectivity index (χ2n) is 7.57.